The van der Waals surface area contributed by atoms with Crippen molar-refractivity contribution in [2.75, 3.05) is 13.6 Å². The normalized spacial score (nSPS) is 19.3. The van der Waals surface area contributed by atoms with Gasteiger partial charge in [0.15, 0.2) is 0 Å². The van der Waals surface area contributed by atoms with E-state index in [2.05, 4.69) is 5.32 Å². The van der Waals surface area contributed by atoms with Crippen molar-refractivity contribution in [3.8, 4) is 0 Å². The Labute approximate surface area is 159 Å². The molecule has 0 aliphatic heterocycles. The van der Waals surface area contributed by atoms with E-state index < -0.39 is 23.6 Å². The number of likely N-dealkylation sites (N-methyl/N-ethyl adjacent to an activating group) is 1. The summed E-state index contributed by atoms with van der Waals surface area (Å²) in [6.45, 7) is 5.00. The second kappa shape index (κ2) is 10.1. The summed E-state index contributed by atoms with van der Waals surface area (Å²) in [7, 11) is 1.41. The molecule has 0 bridgehead atoms. The SMILES string of the molecule is CN(CC(=O)O)C(=O)CCCC(=O)OC1CCC(NC(=O)OC(C)(C)C)C1. The van der Waals surface area contributed by atoms with Gasteiger partial charge in [-0.25, -0.2) is 4.79 Å². The number of carboxylic acid groups (broad SMARTS) is 1. The number of ether oxygens (including phenoxy) is 2. The maximum Gasteiger partial charge on any atom is 0.407 e. The van der Waals surface area contributed by atoms with Gasteiger partial charge in [-0.15, -0.1) is 0 Å². The Morgan fingerprint density at radius 2 is 1.81 bits per heavy atom. The van der Waals surface area contributed by atoms with Gasteiger partial charge in [-0.3, -0.25) is 14.4 Å². The second-order valence-corrected chi connectivity index (χ2v) is 7.77. The molecular weight excluding hydrogens is 356 g/mol. The Bertz CT molecular complexity index is 556. The lowest BCUT2D eigenvalue weighted by molar-refractivity contribution is -0.149. The zero-order valence-electron chi connectivity index (χ0n) is 16.4. The van der Waals surface area contributed by atoms with Crippen LogP contribution < -0.4 is 5.32 Å². The van der Waals surface area contributed by atoms with Gasteiger partial charge in [0.1, 0.15) is 18.2 Å². The zero-order valence-corrected chi connectivity index (χ0v) is 16.4. The van der Waals surface area contributed by atoms with Gasteiger partial charge >= 0.3 is 18.0 Å². The van der Waals surface area contributed by atoms with E-state index in [1.807, 2.05) is 0 Å². The summed E-state index contributed by atoms with van der Waals surface area (Å²) in [6.07, 6.45) is 1.63. The number of nitrogens with one attached hydrogen (secondary N) is 1. The van der Waals surface area contributed by atoms with Crippen molar-refractivity contribution in [1.29, 1.82) is 0 Å². The van der Waals surface area contributed by atoms with Crippen molar-refractivity contribution >= 4 is 23.9 Å². The van der Waals surface area contributed by atoms with Gasteiger partial charge in [-0.2, -0.15) is 0 Å². The van der Waals surface area contributed by atoms with Gasteiger partial charge in [-0.1, -0.05) is 0 Å². The number of carbonyl (C=O) groups excluding carboxylic acids is 3. The van der Waals surface area contributed by atoms with E-state index in [0.717, 1.165) is 4.90 Å². The highest BCUT2D eigenvalue weighted by Gasteiger charge is 2.30. The Balaban J connectivity index is 2.23. The van der Waals surface area contributed by atoms with Crippen LogP contribution in [0.2, 0.25) is 0 Å². The average molecular weight is 386 g/mol. The first kappa shape index (κ1) is 22.7. The van der Waals surface area contributed by atoms with Crippen molar-refractivity contribution < 1.29 is 33.8 Å². The highest BCUT2D eigenvalue weighted by molar-refractivity contribution is 5.81. The molecule has 1 rings (SSSR count). The van der Waals surface area contributed by atoms with Crippen molar-refractivity contribution in [3.05, 3.63) is 0 Å². The van der Waals surface area contributed by atoms with Gasteiger partial charge in [0, 0.05) is 32.4 Å². The number of carboxylic acids is 1. The maximum atomic E-state index is 11.9. The number of carbonyl (C=O) groups is 4. The molecule has 0 aromatic rings. The van der Waals surface area contributed by atoms with Gasteiger partial charge in [0.25, 0.3) is 0 Å². The van der Waals surface area contributed by atoms with Crippen LogP contribution in [-0.4, -0.2) is 65.3 Å². The lowest BCUT2D eigenvalue weighted by Crippen LogP contribution is -2.38. The molecule has 2 amide bonds. The molecule has 1 fully saturated rings. The Kier molecular flexibility index (Phi) is 8.52. The molecule has 2 unspecified atom stereocenters. The second-order valence-electron chi connectivity index (χ2n) is 7.77. The fourth-order valence-corrected chi connectivity index (χ4v) is 2.76. The van der Waals surface area contributed by atoms with Gasteiger partial charge in [0.2, 0.25) is 5.91 Å². The summed E-state index contributed by atoms with van der Waals surface area (Å²) < 4.78 is 10.6. The monoisotopic (exact) mass is 386 g/mol. The first-order valence-electron chi connectivity index (χ1n) is 9.11. The molecule has 9 nitrogen and oxygen atoms in total. The molecule has 0 aromatic carbocycles. The van der Waals surface area contributed by atoms with Gasteiger partial charge < -0.3 is 24.8 Å². The number of hydrogen-bond donors (Lipinski definition) is 2. The summed E-state index contributed by atoms with van der Waals surface area (Å²) in [5.41, 5.74) is -0.565. The van der Waals surface area contributed by atoms with Crippen LogP contribution in [0.5, 0.6) is 0 Å². The van der Waals surface area contributed by atoms with E-state index in [1.165, 1.54) is 7.05 Å². The number of alkyl carbamates (subject to hydrolysis) is 1. The summed E-state index contributed by atoms with van der Waals surface area (Å²) in [5, 5.41) is 11.4. The van der Waals surface area contributed by atoms with Gasteiger partial charge in [0.05, 0.1) is 0 Å². The highest BCUT2D eigenvalue weighted by atomic mass is 16.6. The third-order valence-electron chi connectivity index (χ3n) is 3.97. The van der Waals surface area contributed by atoms with Crippen molar-refractivity contribution in [2.24, 2.45) is 0 Å². The minimum atomic E-state index is -1.08. The molecule has 0 saturated heterocycles. The highest BCUT2D eigenvalue weighted by Crippen LogP contribution is 2.23. The molecule has 9 heteroatoms. The molecule has 2 N–H and O–H groups in total. The lowest BCUT2D eigenvalue weighted by atomic mass is 10.2. The number of hydrogen-bond acceptors (Lipinski definition) is 6. The molecular formula is C18H30N2O7. The molecule has 1 aliphatic rings. The van der Waals surface area contributed by atoms with Crippen LogP contribution in [0.15, 0.2) is 0 Å². The van der Waals surface area contributed by atoms with E-state index in [9.17, 15) is 19.2 Å². The number of rotatable bonds is 8. The van der Waals surface area contributed by atoms with Crippen LogP contribution in [0.3, 0.4) is 0 Å². The molecule has 1 saturated carbocycles. The van der Waals surface area contributed by atoms with Crippen LogP contribution >= 0.6 is 0 Å². The van der Waals surface area contributed by atoms with Crippen LogP contribution in [0.25, 0.3) is 0 Å². The first-order chi connectivity index (χ1) is 12.5. The van der Waals surface area contributed by atoms with Crippen LogP contribution in [0, 0.1) is 0 Å². The topological polar surface area (TPSA) is 122 Å². The molecule has 2 atom stereocenters. The van der Waals surface area contributed by atoms with Crippen molar-refractivity contribution in [3.63, 3.8) is 0 Å². The molecule has 0 radical (unpaired) electrons. The van der Waals surface area contributed by atoms with E-state index in [0.29, 0.717) is 25.7 Å². The molecule has 0 heterocycles. The minimum Gasteiger partial charge on any atom is -0.480 e. The Hall–Kier alpha value is -2.32. The van der Waals surface area contributed by atoms with Crippen molar-refractivity contribution in [1.82, 2.24) is 10.2 Å². The molecule has 1 aliphatic carbocycles. The van der Waals surface area contributed by atoms with Crippen LogP contribution in [0.4, 0.5) is 4.79 Å². The summed E-state index contributed by atoms with van der Waals surface area (Å²) in [4.78, 5) is 47.0. The Morgan fingerprint density at radius 1 is 1.15 bits per heavy atom. The largest absolute Gasteiger partial charge is 0.480 e. The number of nitrogens with zero attached hydrogens (tertiary/aromatic N) is 1. The fourth-order valence-electron chi connectivity index (χ4n) is 2.76. The van der Waals surface area contributed by atoms with E-state index >= 15 is 0 Å². The Morgan fingerprint density at radius 3 is 2.41 bits per heavy atom. The molecule has 27 heavy (non-hydrogen) atoms. The predicted octanol–water partition coefficient (Wildman–Crippen LogP) is 1.69. The smallest absolute Gasteiger partial charge is 0.407 e. The quantitative estimate of drug-likeness (QED) is 0.609. The maximum absolute atomic E-state index is 11.9. The first-order valence-corrected chi connectivity index (χ1v) is 9.11. The third kappa shape index (κ3) is 9.81. The summed E-state index contributed by atoms with van der Waals surface area (Å²) in [5.74, 6) is -1.81. The third-order valence-corrected chi connectivity index (χ3v) is 3.97. The fraction of sp³-hybridized carbons (Fsp3) is 0.778. The predicted molar refractivity (Wildman–Crippen MR) is 96.0 cm³/mol. The van der Waals surface area contributed by atoms with Crippen LogP contribution in [0.1, 0.15) is 59.3 Å². The lowest BCUT2D eigenvalue weighted by Gasteiger charge is -2.21. The van der Waals surface area contributed by atoms with Gasteiger partial charge in [-0.05, 0) is 40.0 Å². The van der Waals surface area contributed by atoms with E-state index in [4.69, 9.17) is 14.6 Å². The number of esters is 1. The van der Waals surface area contributed by atoms with E-state index in [-0.39, 0.29) is 37.4 Å². The van der Waals surface area contributed by atoms with Crippen molar-refractivity contribution in [2.45, 2.75) is 77.0 Å². The summed E-state index contributed by atoms with van der Waals surface area (Å²) in [6, 6.07) is -0.0936. The molecule has 154 valence electrons. The zero-order chi connectivity index (χ0) is 20.6. The van der Waals surface area contributed by atoms with Crippen LogP contribution in [-0.2, 0) is 23.9 Å². The number of aliphatic carboxylic acids is 1. The average Bonchev–Trinajstić information content (AvgIpc) is 2.90. The summed E-state index contributed by atoms with van der Waals surface area (Å²) >= 11 is 0. The standard InChI is InChI=1S/C18H30N2O7/c1-18(2,3)27-17(25)19-12-8-9-13(10-12)26-16(24)7-5-6-14(21)20(4)11-15(22)23/h12-13H,5-11H2,1-4H3,(H,19,25)(H,22,23). The molecule has 0 spiro atoms. The molecule has 0 aromatic heterocycles. The van der Waals surface area contributed by atoms with E-state index in [1.54, 1.807) is 20.8 Å². The number of amides is 2. The minimum absolute atomic E-state index is 0.0897.